The van der Waals surface area contributed by atoms with E-state index in [2.05, 4.69) is 78.0 Å². The summed E-state index contributed by atoms with van der Waals surface area (Å²) in [5, 5.41) is 6.76. The van der Waals surface area contributed by atoms with Crippen LogP contribution >= 0.6 is 24.0 Å². The maximum atomic E-state index is 5.14. The van der Waals surface area contributed by atoms with E-state index in [0.717, 1.165) is 12.5 Å². The lowest BCUT2D eigenvalue weighted by Crippen LogP contribution is -2.38. The third-order valence-electron chi connectivity index (χ3n) is 3.75. The predicted molar refractivity (Wildman–Crippen MR) is 115 cm³/mol. The summed E-state index contributed by atoms with van der Waals surface area (Å²) in [6, 6.07) is 19.0. The Morgan fingerprint density at radius 2 is 1.68 bits per heavy atom. The van der Waals surface area contributed by atoms with Gasteiger partial charge in [-0.1, -0.05) is 54.6 Å². The molecule has 0 heterocycles. The number of rotatable bonds is 7. The molecule has 0 aliphatic carbocycles. The minimum Gasteiger partial charge on any atom is -0.380 e. The molecule has 25 heavy (non-hydrogen) atoms. The minimum absolute atomic E-state index is 0. The van der Waals surface area contributed by atoms with E-state index in [-0.39, 0.29) is 30.0 Å². The molecule has 0 spiro atoms. The number of hydrogen-bond acceptors (Lipinski definition) is 2. The van der Waals surface area contributed by atoms with Crippen LogP contribution in [-0.2, 0) is 17.9 Å². The number of methoxy groups -OCH3 is 1. The van der Waals surface area contributed by atoms with E-state index >= 15 is 0 Å². The smallest absolute Gasteiger partial charge is 0.192 e. The summed E-state index contributed by atoms with van der Waals surface area (Å²) in [6.07, 6.45) is 0. The van der Waals surface area contributed by atoms with Gasteiger partial charge in [0.15, 0.2) is 5.96 Å². The van der Waals surface area contributed by atoms with Crippen molar-refractivity contribution >= 4 is 29.9 Å². The second-order valence-corrected chi connectivity index (χ2v) is 5.72. The molecule has 2 aromatic rings. The number of nitrogens with zero attached hydrogens (tertiary/aromatic N) is 1. The largest absolute Gasteiger partial charge is 0.380 e. The summed E-state index contributed by atoms with van der Waals surface area (Å²) >= 11 is 0. The van der Waals surface area contributed by atoms with Crippen LogP contribution in [0.2, 0.25) is 0 Å². The number of halogens is 1. The van der Waals surface area contributed by atoms with Crippen molar-refractivity contribution in [3.05, 3.63) is 71.3 Å². The quantitative estimate of drug-likeness (QED) is 0.374. The highest BCUT2D eigenvalue weighted by Crippen LogP contribution is 2.11. The Labute approximate surface area is 168 Å². The Morgan fingerprint density at radius 1 is 1.04 bits per heavy atom. The Kier molecular flexibility index (Phi) is 10.2. The van der Waals surface area contributed by atoms with Gasteiger partial charge in [0.05, 0.1) is 19.2 Å². The van der Waals surface area contributed by atoms with Gasteiger partial charge >= 0.3 is 0 Å². The molecule has 2 N–H and O–H groups in total. The van der Waals surface area contributed by atoms with E-state index in [1.54, 1.807) is 7.11 Å². The van der Waals surface area contributed by atoms with Crippen molar-refractivity contribution in [1.29, 1.82) is 0 Å². The zero-order valence-electron chi connectivity index (χ0n) is 15.2. The van der Waals surface area contributed by atoms with Gasteiger partial charge in [-0.2, -0.15) is 0 Å². The van der Waals surface area contributed by atoms with Crippen molar-refractivity contribution in [2.24, 2.45) is 4.99 Å². The first kappa shape index (κ1) is 21.4. The fraction of sp³-hybridized carbons (Fsp3) is 0.350. The molecule has 1 atom stereocenters. The number of guanidine groups is 1. The summed E-state index contributed by atoms with van der Waals surface area (Å²) in [5.74, 6) is 0.829. The maximum Gasteiger partial charge on any atom is 0.192 e. The second kappa shape index (κ2) is 11.9. The van der Waals surface area contributed by atoms with Crippen molar-refractivity contribution in [3.63, 3.8) is 0 Å². The molecular weight excluding hydrogens is 425 g/mol. The highest BCUT2D eigenvalue weighted by atomic mass is 127. The molecule has 0 aliphatic heterocycles. The van der Waals surface area contributed by atoms with Gasteiger partial charge in [0.2, 0.25) is 0 Å². The lowest BCUT2D eigenvalue weighted by Gasteiger charge is -2.18. The molecule has 0 fully saturated rings. The van der Waals surface area contributed by atoms with Gasteiger partial charge in [-0.15, -0.1) is 24.0 Å². The average Bonchev–Trinajstić information content (AvgIpc) is 2.62. The van der Waals surface area contributed by atoms with Crippen LogP contribution in [-0.4, -0.2) is 19.6 Å². The summed E-state index contributed by atoms with van der Waals surface area (Å²) in [7, 11) is 1.71. The van der Waals surface area contributed by atoms with Crippen LogP contribution in [0.25, 0.3) is 0 Å². The molecule has 0 bridgehead atoms. The van der Waals surface area contributed by atoms with Crippen LogP contribution in [0.4, 0.5) is 0 Å². The van der Waals surface area contributed by atoms with Crippen molar-refractivity contribution in [1.82, 2.24) is 10.6 Å². The molecule has 0 saturated heterocycles. The van der Waals surface area contributed by atoms with Crippen LogP contribution in [0.5, 0.6) is 0 Å². The Hall–Kier alpha value is -1.60. The van der Waals surface area contributed by atoms with Gasteiger partial charge in [-0.25, -0.2) is 4.99 Å². The number of ether oxygens (including phenoxy) is 1. The summed E-state index contributed by atoms with van der Waals surface area (Å²) in [4.78, 5) is 4.69. The zero-order valence-corrected chi connectivity index (χ0v) is 17.5. The first-order valence-electron chi connectivity index (χ1n) is 8.39. The van der Waals surface area contributed by atoms with Crippen LogP contribution in [0, 0.1) is 0 Å². The number of aliphatic imine (C=N–C) groups is 1. The third-order valence-corrected chi connectivity index (χ3v) is 3.75. The van der Waals surface area contributed by atoms with Gasteiger partial charge < -0.3 is 15.4 Å². The lowest BCUT2D eigenvalue weighted by molar-refractivity contribution is 0.185. The molecule has 2 rings (SSSR count). The van der Waals surface area contributed by atoms with E-state index in [1.807, 2.05) is 6.07 Å². The Bertz CT molecular complexity index is 629. The van der Waals surface area contributed by atoms with Gasteiger partial charge in [-0.3, -0.25) is 0 Å². The molecule has 1 unspecified atom stereocenters. The van der Waals surface area contributed by atoms with Crippen LogP contribution in [0.3, 0.4) is 0 Å². The number of nitrogens with one attached hydrogen (secondary N) is 2. The van der Waals surface area contributed by atoms with Crippen molar-refractivity contribution < 1.29 is 4.74 Å². The third kappa shape index (κ3) is 7.44. The Balaban J connectivity index is 0.00000312. The van der Waals surface area contributed by atoms with Crippen LogP contribution in [0.15, 0.2) is 59.6 Å². The molecule has 4 nitrogen and oxygen atoms in total. The molecule has 0 aromatic heterocycles. The highest BCUT2D eigenvalue weighted by Gasteiger charge is 2.07. The van der Waals surface area contributed by atoms with Gasteiger partial charge in [0, 0.05) is 13.7 Å². The molecule has 0 radical (unpaired) electrons. The minimum atomic E-state index is 0. The standard InChI is InChI=1S/C20H27N3O.HI/c1-4-21-20(23-16(2)19-8-6-5-7-9-19)22-14-17-10-12-18(13-11-17)15-24-3;/h5-13,16H,4,14-15H2,1-3H3,(H2,21,22,23);1H. The summed E-state index contributed by atoms with van der Waals surface area (Å²) in [6.45, 7) is 6.33. The maximum absolute atomic E-state index is 5.14. The summed E-state index contributed by atoms with van der Waals surface area (Å²) < 4.78 is 5.14. The van der Waals surface area contributed by atoms with E-state index in [0.29, 0.717) is 13.2 Å². The first-order valence-corrected chi connectivity index (χ1v) is 8.39. The van der Waals surface area contributed by atoms with Crippen LogP contribution < -0.4 is 10.6 Å². The molecule has 136 valence electrons. The van der Waals surface area contributed by atoms with E-state index in [4.69, 9.17) is 4.74 Å². The van der Waals surface area contributed by atoms with Gasteiger partial charge in [-0.05, 0) is 30.5 Å². The predicted octanol–water partition coefficient (Wildman–Crippen LogP) is 4.27. The van der Waals surface area contributed by atoms with Crippen molar-refractivity contribution in [2.45, 2.75) is 33.0 Å². The molecule has 0 aliphatic rings. The number of benzene rings is 2. The molecule has 2 aromatic carbocycles. The van der Waals surface area contributed by atoms with Crippen LogP contribution in [0.1, 0.15) is 36.6 Å². The lowest BCUT2D eigenvalue weighted by atomic mass is 10.1. The first-order chi connectivity index (χ1) is 11.7. The van der Waals surface area contributed by atoms with E-state index in [9.17, 15) is 0 Å². The normalized spacial score (nSPS) is 12.2. The fourth-order valence-electron chi connectivity index (χ4n) is 2.43. The molecule has 0 amide bonds. The van der Waals surface area contributed by atoms with E-state index < -0.39 is 0 Å². The monoisotopic (exact) mass is 453 g/mol. The van der Waals surface area contributed by atoms with E-state index in [1.165, 1.54) is 16.7 Å². The van der Waals surface area contributed by atoms with Gasteiger partial charge in [0.1, 0.15) is 0 Å². The SMILES string of the molecule is CCNC(=NCc1ccc(COC)cc1)NC(C)c1ccccc1.I. The molecule has 5 heteroatoms. The zero-order chi connectivity index (χ0) is 17.2. The number of hydrogen-bond donors (Lipinski definition) is 2. The molecule has 0 saturated carbocycles. The average molecular weight is 453 g/mol. The second-order valence-electron chi connectivity index (χ2n) is 5.72. The van der Waals surface area contributed by atoms with Crippen molar-refractivity contribution in [2.75, 3.05) is 13.7 Å². The summed E-state index contributed by atoms with van der Waals surface area (Å²) in [5.41, 5.74) is 3.60. The fourth-order valence-corrected chi connectivity index (χ4v) is 2.43. The highest BCUT2D eigenvalue weighted by molar-refractivity contribution is 14.0. The van der Waals surface area contributed by atoms with Gasteiger partial charge in [0.25, 0.3) is 0 Å². The topological polar surface area (TPSA) is 45.7 Å². The van der Waals surface area contributed by atoms with Crippen molar-refractivity contribution in [3.8, 4) is 0 Å². The molecular formula is C20H28IN3O. The Morgan fingerprint density at radius 3 is 2.28 bits per heavy atom.